The van der Waals surface area contributed by atoms with Gasteiger partial charge in [-0.2, -0.15) is 5.10 Å². The van der Waals surface area contributed by atoms with E-state index in [1.54, 1.807) is 5.01 Å². The fourth-order valence-electron chi connectivity index (χ4n) is 1.16. The van der Waals surface area contributed by atoms with Crippen LogP contribution in [0.4, 0.5) is 5.69 Å². The molecule has 0 saturated heterocycles. The molecular formula is C10H13ClN2. The largest absolute Gasteiger partial charge is 0.262 e. The average molecular weight is 197 g/mol. The normalized spacial score (nSPS) is 10.2. The van der Waals surface area contributed by atoms with Crippen LogP contribution < -0.4 is 5.01 Å². The molecular weight excluding hydrogens is 184 g/mol. The van der Waals surface area contributed by atoms with Gasteiger partial charge in [-0.15, -0.1) is 0 Å². The van der Waals surface area contributed by atoms with E-state index in [9.17, 15) is 0 Å². The molecule has 3 heteroatoms. The molecule has 1 aromatic carbocycles. The number of halogens is 1. The van der Waals surface area contributed by atoms with E-state index in [4.69, 9.17) is 11.6 Å². The van der Waals surface area contributed by atoms with Crippen LogP contribution in [0, 0.1) is 0 Å². The molecule has 70 valence electrons. The molecule has 0 amide bonds. The second kappa shape index (κ2) is 4.28. The SMILES string of the molecule is C=NN(c1ccccc1Cl)C(C)C. The summed E-state index contributed by atoms with van der Waals surface area (Å²) < 4.78 is 0. The van der Waals surface area contributed by atoms with E-state index in [1.165, 1.54) is 0 Å². The average Bonchev–Trinajstić information content (AvgIpc) is 2.09. The van der Waals surface area contributed by atoms with E-state index in [0.717, 1.165) is 5.69 Å². The van der Waals surface area contributed by atoms with Crippen LogP contribution in [0.5, 0.6) is 0 Å². The van der Waals surface area contributed by atoms with Gasteiger partial charge < -0.3 is 0 Å². The predicted octanol–water partition coefficient (Wildman–Crippen LogP) is 3.17. The van der Waals surface area contributed by atoms with Gasteiger partial charge in [-0.1, -0.05) is 23.7 Å². The van der Waals surface area contributed by atoms with E-state index < -0.39 is 0 Å². The van der Waals surface area contributed by atoms with Crippen molar-refractivity contribution < 1.29 is 0 Å². The molecule has 13 heavy (non-hydrogen) atoms. The Morgan fingerprint density at radius 3 is 2.46 bits per heavy atom. The van der Waals surface area contributed by atoms with E-state index in [-0.39, 0.29) is 6.04 Å². The van der Waals surface area contributed by atoms with Crippen molar-refractivity contribution in [3.63, 3.8) is 0 Å². The Hall–Kier alpha value is -1.02. The first-order chi connectivity index (χ1) is 6.16. The summed E-state index contributed by atoms with van der Waals surface area (Å²) in [4.78, 5) is 0. The van der Waals surface area contributed by atoms with Crippen LogP contribution in [0.2, 0.25) is 5.02 Å². The Kier molecular flexibility index (Phi) is 3.32. The fraction of sp³-hybridized carbons (Fsp3) is 0.300. The molecule has 1 rings (SSSR count). The van der Waals surface area contributed by atoms with Gasteiger partial charge in [0.05, 0.1) is 10.7 Å². The number of para-hydroxylation sites is 1. The number of anilines is 1. The van der Waals surface area contributed by atoms with Crippen molar-refractivity contribution in [1.82, 2.24) is 0 Å². The van der Waals surface area contributed by atoms with Crippen LogP contribution in [0.1, 0.15) is 13.8 Å². The van der Waals surface area contributed by atoms with Crippen molar-refractivity contribution in [3.8, 4) is 0 Å². The molecule has 1 aromatic rings. The van der Waals surface area contributed by atoms with E-state index in [2.05, 4.69) is 11.8 Å². The highest BCUT2D eigenvalue weighted by atomic mass is 35.5. The van der Waals surface area contributed by atoms with Crippen LogP contribution in [0.3, 0.4) is 0 Å². The summed E-state index contributed by atoms with van der Waals surface area (Å²) in [6.45, 7) is 7.60. The monoisotopic (exact) mass is 196 g/mol. The summed E-state index contributed by atoms with van der Waals surface area (Å²) >= 11 is 6.01. The summed E-state index contributed by atoms with van der Waals surface area (Å²) in [5, 5.41) is 6.41. The minimum absolute atomic E-state index is 0.261. The first-order valence-electron chi connectivity index (χ1n) is 4.17. The standard InChI is InChI=1S/C10H13ClN2/c1-8(2)13(12-3)10-7-5-4-6-9(10)11/h4-8H,3H2,1-2H3. The molecule has 0 saturated carbocycles. The maximum Gasteiger partial charge on any atom is 0.0782 e. The predicted molar refractivity (Wildman–Crippen MR) is 58.6 cm³/mol. The van der Waals surface area contributed by atoms with Crippen LogP contribution >= 0.6 is 11.6 Å². The van der Waals surface area contributed by atoms with Crippen LogP contribution in [0.15, 0.2) is 29.4 Å². The van der Waals surface area contributed by atoms with Gasteiger partial charge in [0.2, 0.25) is 0 Å². The molecule has 2 nitrogen and oxygen atoms in total. The number of nitrogens with zero attached hydrogens (tertiary/aromatic N) is 2. The van der Waals surface area contributed by atoms with Gasteiger partial charge in [0, 0.05) is 12.8 Å². The van der Waals surface area contributed by atoms with Gasteiger partial charge in [-0.3, -0.25) is 5.01 Å². The second-order valence-corrected chi connectivity index (χ2v) is 3.44. The molecule has 0 heterocycles. The second-order valence-electron chi connectivity index (χ2n) is 3.03. The summed E-state index contributed by atoms with van der Waals surface area (Å²) in [6.07, 6.45) is 0. The van der Waals surface area contributed by atoms with Gasteiger partial charge >= 0.3 is 0 Å². The Morgan fingerprint density at radius 1 is 1.38 bits per heavy atom. The van der Waals surface area contributed by atoms with E-state index >= 15 is 0 Å². The summed E-state index contributed by atoms with van der Waals surface area (Å²) in [5.41, 5.74) is 0.897. The lowest BCUT2D eigenvalue weighted by Gasteiger charge is -2.23. The minimum atomic E-state index is 0.261. The lowest BCUT2D eigenvalue weighted by Crippen LogP contribution is -2.24. The van der Waals surface area contributed by atoms with Crippen LogP contribution in [0.25, 0.3) is 0 Å². The third kappa shape index (κ3) is 2.22. The summed E-state index contributed by atoms with van der Waals surface area (Å²) in [7, 11) is 0. The van der Waals surface area contributed by atoms with Gasteiger partial charge in [0.25, 0.3) is 0 Å². The Balaban J connectivity index is 3.04. The molecule has 0 aliphatic heterocycles. The highest BCUT2D eigenvalue weighted by Crippen LogP contribution is 2.26. The minimum Gasteiger partial charge on any atom is -0.262 e. The number of benzene rings is 1. The van der Waals surface area contributed by atoms with Crippen molar-refractivity contribution in [1.29, 1.82) is 0 Å². The quantitative estimate of drug-likeness (QED) is 0.536. The number of hydrogen-bond donors (Lipinski definition) is 0. The molecule has 0 bridgehead atoms. The first-order valence-corrected chi connectivity index (χ1v) is 4.55. The number of hydrazone groups is 1. The zero-order valence-corrected chi connectivity index (χ0v) is 8.62. The Labute approximate surface area is 83.8 Å². The smallest absolute Gasteiger partial charge is 0.0782 e. The van der Waals surface area contributed by atoms with Crippen LogP contribution in [-0.4, -0.2) is 12.8 Å². The zero-order chi connectivity index (χ0) is 9.84. The molecule has 0 radical (unpaired) electrons. The molecule has 0 atom stereocenters. The van der Waals surface area contributed by atoms with Gasteiger partial charge in [0.15, 0.2) is 0 Å². The highest BCUT2D eigenvalue weighted by Gasteiger charge is 2.10. The lowest BCUT2D eigenvalue weighted by molar-refractivity contribution is 0.717. The molecule has 0 N–H and O–H groups in total. The number of rotatable bonds is 3. The highest BCUT2D eigenvalue weighted by molar-refractivity contribution is 6.33. The molecule has 0 spiro atoms. The van der Waals surface area contributed by atoms with Crippen molar-refractivity contribution in [2.45, 2.75) is 19.9 Å². The van der Waals surface area contributed by atoms with Crippen LogP contribution in [-0.2, 0) is 0 Å². The van der Waals surface area contributed by atoms with Crippen molar-refractivity contribution in [3.05, 3.63) is 29.3 Å². The molecule has 0 unspecified atom stereocenters. The molecule has 0 fully saturated rings. The first kappa shape index (κ1) is 10.1. The van der Waals surface area contributed by atoms with E-state index in [0.29, 0.717) is 5.02 Å². The lowest BCUT2D eigenvalue weighted by atomic mass is 10.2. The maximum absolute atomic E-state index is 6.01. The van der Waals surface area contributed by atoms with Gasteiger partial charge in [-0.05, 0) is 26.0 Å². The van der Waals surface area contributed by atoms with Crippen molar-refractivity contribution in [2.24, 2.45) is 5.10 Å². The molecule has 0 aromatic heterocycles. The third-order valence-corrected chi connectivity index (χ3v) is 2.06. The number of hydrogen-bond acceptors (Lipinski definition) is 2. The fourth-order valence-corrected chi connectivity index (χ4v) is 1.38. The summed E-state index contributed by atoms with van der Waals surface area (Å²) in [5.74, 6) is 0. The van der Waals surface area contributed by atoms with Gasteiger partial charge in [0.1, 0.15) is 0 Å². The topological polar surface area (TPSA) is 15.6 Å². The van der Waals surface area contributed by atoms with Crippen molar-refractivity contribution in [2.75, 3.05) is 5.01 Å². The van der Waals surface area contributed by atoms with E-state index in [1.807, 2.05) is 38.1 Å². The molecule has 0 aliphatic rings. The van der Waals surface area contributed by atoms with Gasteiger partial charge in [-0.25, -0.2) is 0 Å². The molecule has 0 aliphatic carbocycles. The Bertz CT molecular complexity index is 297. The van der Waals surface area contributed by atoms with Crippen molar-refractivity contribution >= 4 is 24.0 Å². The third-order valence-electron chi connectivity index (χ3n) is 1.74. The summed E-state index contributed by atoms with van der Waals surface area (Å²) in [6, 6.07) is 7.86. The Morgan fingerprint density at radius 2 is 2.00 bits per heavy atom. The maximum atomic E-state index is 6.01. The zero-order valence-electron chi connectivity index (χ0n) is 7.87.